The number of imidazole rings is 1. The number of aromatic hydroxyl groups is 1. The molecular formula is C21H28N8O3. The Morgan fingerprint density at radius 1 is 1.28 bits per heavy atom. The van der Waals surface area contributed by atoms with Gasteiger partial charge in [0.15, 0.2) is 0 Å². The lowest BCUT2D eigenvalue weighted by Gasteiger charge is -2.26. The van der Waals surface area contributed by atoms with Crippen molar-refractivity contribution in [3.05, 3.63) is 36.7 Å². The highest BCUT2D eigenvalue weighted by Crippen LogP contribution is 2.33. The molecule has 11 nitrogen and oxygen atoms in total. The Morgan fingerprint density at radius 3 is 2.81 bits per heavy atom. The molecule has 1 amide bonds. The maximum Gasteiger partial charge on any atom is 0.241 e. The molecule has 3 aromatic rings. The van der Waals surface area contributed by atoms with Crippen molar-refractivity contribution in [2.75, 3.05) is 39.4 Å². The molecule has 0 aromatic carbocycles. The number of hydrogen-bond acceptors (Lipinski definition) is 8. The van der Waals surface area contributed by atoms with Crippen LogP contribution in [-0.4, -0.2) is 84.6 Å². The van der Waals surface area contributed by atoms with Gasteiger partial charge in [-0.05, 0) is 5.92 Å². The largest absolute Gasteiger partial charge is 0.493 e. The Hall–Kier alpha value is -3.31. The Bertz CT molecular complexity index is 1040. The molecule has 170 valence electrons. The van der Waals surface area contributed by atoms with Gasteiger partial charge in [0, 0.05) is 55.9 Å². The monoisotopic (exact) mass is 440 g/mol. The maximum absolute atomic E-state index is 12.3. The van der Waals surface area contributed by atoms with Crippen LogP contribution in [0.25, 0.3) is 17.2 Å². The molecule has 0 spiro atoms. The number of nitrogens with one attached hydrogen (secondary N) is 1. The lowest BCUT2D eigenvalue weighted by molar-refractivity contribution is -0.121. The molecule has 2 N–H and O–H groups in total. The standard InChI is InChI=1S/C21H28N8O3/c1-15(2)18-19(25-21(26-20(18)31)28-6-3-22-14-28)16-11-24-29(12-16)13-17(30)23-4-5-27-7-9-32-10-8-27/h3,6,11-12,14-15H,4-5,7-10,13H2,1-2H3,(H,23,30)(H,25,26,31). The van der Waals surface area contributed by atoms with Crippen molar-refractivity contribution in [2.24, 2.45) is 0 Å². The van der Waals surface area contributed by atoms with Gasteiger partial charge in [-0.2, -0.15) is 10.1 Å². The van der Waals surface area contributed by atoms with Crippen molar-refractivity contribution in [3.63, 3.8) is 0 Å². The number of rotatable bonds is 8. The van der Waals surface area contributed by atoms with E-state index in [1.54, 1.807) is 40.4 Å². The highest BCUT2D eigenvalue weighted by atomic mass is 16.5. The summed E-state index contributed by atoms with van der Waals surface area (Å²) in [6.45, 7) is 8.68. The van der Waals surface area contributed by atoms with Gasteiger partial charge in [-0.3, -0.25) is 18.9 Å². The van der Waals surface area contributed by atoms with Gasteiger partial charge in [0.1, 0.15) is 12.9 Å². The van der Waals surface area contributed by atoms with Gasteiger partial charge in [0.05, 0.1) is 25.1 Å². The van der Waals surface area contributed by atoms with Crippen molar-refractivity contribution in [1.29, 1.82) is 0 Å². The molecule has 1 fully saturated rings. The van der Waals surface area contributed by atoms with Crippen molar-refractivity contribution >= 4 is 5.91 Å². The first-order valence-electron chi connectivity index (χ1n) is 10.7. The Kier molecular flexibility index (Phi) is 6.76. The second-order valence-electron chi connectivity index (χ2n) is 7.96. The lowest BCUT2D eigenvalue weighted by atomic mass is 9.99. The molecule has 1 saturated heterocycles. The van der Waals surface area contributed by atoms with Crippen LogP contribution in [0.4, 0.5) is 0 Å². The number of amides is 1. The van der Waals surface area contributed by atoms with E-state index in [0.717, 1.165) is 32.8 Å². The zero-order valence-corrected chi connectivity index (χ0v) is 18.3. The minimum absolute atomic E-state index is 0.00586. The smallest absolute Gasteiger partial charge is 0.241 e. The van der Waals surface area contributed by atoms with E-state index in [1.165, 1.54) is 0 Å². The Balaban J connectivity index is 1.46. The molecule has 4 heterocycles. The SMILES string of the molecule is CC(C)c1c(O)nc(-n2ccnc2)nc1-c1cnn(CC(=O)NCCN2CCOCC2)c1. The summed E-state index contributed by atoms with van der Waals surface area (Å²) < 4.78 is 8.53. The van der Waals surface area contributed by atoms with Gasteiger partial charge in [-0.15, -0.1) is 0 Å². The number of ether oxygens (including phenoxy) is 1. The second-order valence-corrected chi connectivity index (χ2v) is 7.96. The molecule has 3 aromatic heterocycles. The molecule has 0 radical (unpaired) electrons. The van der Waals surface area contributed by atoms with Crippen LogP contribution in [0, 0.1) is 0 Å². The average Bonchev–Trinajstić information content (AvgIpc) is 3.46. The molecule has 1 aliphatic rings. The summed E-state index contributed by atoms with van der Waals surface area (Å²) in [7, 11) is 0. The fourth-order valence-electron chi connectivity index (χ4n) is 3.64. The van der Waals surface area contributed by atoms with Crippen LogP contribution in [0.15, 0.2) is 31.1 Å². The number of carbonyl (C=O) groups is 1. The quantitative estimate of drug-likeness (QED) is 0.527. The third-order valence-corrected chi connectivity index (χ3v) is 5.29. The summed E-state index contributed by atoms with van der Waals surface area (Å²) >= 11 is 0. The topological polar surface area (TPSA) is 123 Å². The normalized spacial score (nSPS) is 14.7. The number of aromatic nitrogens is 6. The molecule has 1 aliphatic heterocycles. The molecule has 0 unspecified atom stereocenters. The van der Waals surface area contributed by atoms with E-state index >= 15 is 0 Å². The van der Waals surface area contributed by atoms with Crippen molar-refractivity contribution in [3.8, 4) is 23.1 Å². The summed E-state index contributed by atoms with van der Waals surface area (Å²) in [6.07, 6.45) is 8.29. The van der Waals surface area contributed by atoms with Gasteiger partial charge in [-0.1, -0.05) is 13.8 Å². The van der Waals surface area contributed by atoms with Crippen LogP contribution in [0.3, 0.4) is 0 Å². The average molecular weight is 441 g/mol. The summed E-state index contributed by atoms with van der Waals surface area (Å²) in [6, 6.07) is 0. The zero-order valence-electron chi connectivity index (χ0n) is 18.3. The van der Waals surface area contributed by atoms with Gasteiger partial charge in [0.25, 0.3) is 0 Å². The fourth-order valence-corrected chi connectivity index (χ4v) is 3.64. The summed E-state index contributed by atoms with van der Waals surface area (Å²) in [5.41, 5.74) is 1.91. The molecule has 0 aliphatic carbocycles. The van der Waals surface area contributed by atoms with Crippen molar-refractivity contribution in [1.82, 2.24) is 39.5 Å². The predicted molar refractivity (Wildman–Crippen MR) is 116 cm³/mol. The second kappa shape index (κ2) is 9.88. The van der Waals surface area contributed by atoms with E-state index in [-0.39, 0.29) is 24.2 Å². The van der Waals surface area contributed by atoms with E-state index in [0.29, 0.717) is 29.3 Å². The highest BCUT2D eigenvalue weighted by molar-refractivity contribution is 5.76. The van der Waals surface area contributed by atoms with Gasteiger partial charge in [0.2, 0.25) is 17.7 Å². The van der Waals surface area contributed by atoms with E-state index in [9.17, 15) is 9.90 Å². The molecule has 32 heavy (non-hydrogen) atoms. The Labute approximate surface area is 186 Å². The zero-order chi connectivity index (χ0) is 22.5. The highest BCUT2D eigenvalue weighted by Gasteiger charge is 2.20. The first-order chi connectivity index (χ1) is 15.5. The summed E-state index contributed by atoms with van der Waals surface area (Å²) in [4.78, 5) is 27.5. The number of hydrogen-bond donors (Lipinski definition) is 2. The molecule has 11 heteroatoms. The third-order valence-electron chi connectivity index (χ3n) is 5.29. The minimum Gasteiger partial charge on any atom is -0.493 e. The van der Waals surface area contributed by atoms with Crippen LogP contribution in [-0.2, 0) is 16.1 Å². The van der Waals surface area contributed by atoms with E-state index < -0.39 is 0 Å². The molecule has 4 rings (SSSR count). The van der Waals surface area contributed by atoms with Crippen LogP contribution >= 0.6 is 0 Å². The van der Waals surface area contributed by atoms with E-state index in [4.69, 9.17) is 4.74 Å². The van der Waals surface area contributed by atoms with Crippen LogP contribution in [0.5, 0.6) is 5.88 Å². The van der Waals surface area contributed by atoms with Gasteiger partial charge in [-0.25, -0.2) is 9.97 Å². The van der Waals surface area contributed by atoms with E-state index in [1.807, 2.05) is 13.8 Å². The maximum atomic E-state index is 12.3. The molecular weight excluding hydrogens is 412 g/mol. The summed E-state index contributed by atoms with van der Waals surface area (Å²) in [5, 5.41) is 17.8. The number of morpholine rings is 1. The third kappa shape index (κ3) is 5.11. The Morgan fingerprint density at radius 2 is 2.09 bits per heavy atom. The van der Waals surface area contributed by atoms with Crippen LogP contribution in [0.2, 0.25) is 0 Å². The van der Waals surface area contributed by atoms with Crippen LogP contribution in [0.1, 0.15) is 25.3 Å². The fraction of sp³-hybridized carbons (Fsp3) is 0.476. The van der Waals surface area contributed by atoms with Crippen LogP contribution < -0.4 is 5.32 Å². The lowest BCUT2D eigenvalue weighted by Crippen LogP contribution is -2.41. The van der Waals surface area contributed by atoms with Crippen molar-refractivity contribution < 1.29 is 14.6 Å². The van der Waals surface area contributed by atoms with Gasteiger partial charge < -0.3 is 15.2 Å². The first-order valence-corrected chi connectivity index (χ1v) is 10.7. The minimum atomic E-state index is -0.110. The number of nitrogens with zero attached hydrogens (tertiary/aromatic N) is 7. The summed E-state index contributed by atoms with van der Waals surface area (Å²) in [5.74, 6) is 0.116. The van der Waals surface area contributed by atoms with Gasteiger partial charge >= 0.3 is 0 Å². The number of carbonyl (C=O) groups excluding carboxylic acids is 1. The molecule has 0 saturated carbocycles. The molecule has 0 atom stereocenters. The van der Waals surface area contributed by atoms with Crippen molar-refractivity contribution in [2.45, 2.75) is 26.3 Å². The molecule has 0 bridgehead atoms. The van der Waals surface area contributed by atoms with E-state index in [2.05, 4.69) is 30.3 Å². The predicted octanol–water partition coefficient (Wildman–Crippen LogP) is 0.803. The first kappa shape index (κ1) is 21.9.